The zero-order valence-electron chi connectivity index (χ0n) is 12.9. The first-order chi connectivity index (χ1) is 11.5. The van der Waals surface area contributed by atoms with Crippen molar-refractivity contribution in [3.8, 4) is 5.75 Å². The molecule has 0 amide bonds. The van der Waals surface area contributed by atoms with E-state index in [9.17, 15) is 0 Å². The summed E-state index contributed by atoms with van der Waals surface area (Å²) in [4.78, 5) is 4.67. The number of nitrogens with two attached hydrogens (primary N) is 2. The van der Waals surface area contributed by atoms with Crippen LogP contribution in [0.2, 0.25) is 0 Å². The molecule has 8 heteroatoms. The molecular formula is C16H17BrN4O3. The number of oxime groups is 2. The number of rotatable bonds is 6. The summed E-state index contributed by atoms with van der Waals surface area (Å²) in [6, 6.07) is 12.6. The minimum Gasteiger partial charge on any atom is -0.488 e. The highest BCUT2D eigenvalue weighted by molar-refractivity contribution is 9.10. The second-order valence-corrected chi connectivity index (χ2v) is 5.63. The molecule has 0 aromatic heterocycles. The zero-order chi connectivity index (χ0) is 17.5. The molecular weight excluding hydrogens is 376 g/mol. The van der Waals surface area contributed by atoms with Crippen LogP contribution in [0, 0.1) is 0 Å². The highest BCUT2D eigenvalue weighted by Crippen LogP contribution is 2.27. The number of halogens is 1. The molecule has 0 unspecified atom stereocenters. The van der Waals surface area contributed by atoms with E-state index in [-0.39, 0.29) is 5.84 Å². The summed E-state index contributed by atoms with van der Waals surface area (Å²) in [6.07, 6.45) is 0. The van der Waals surface area contributed by atoms with E-state index in [0.29, 0.717) is 28.2 Å². The van der Waals surface area contributed by atoms with Crippen molar-refractivity contribution in [1.82, 2.24) is 0 Å². The van der Waals surface area contributed by atoms with Crippen LogP contribution >= 0.6 is 15.9 Å². The second kappa shape index (κ2) is 8.21. The molecule has 126 valence electrons. The van der Waals surface area contributed by atoms with Gasteiger partial charge in [0.15, 0.2) is 11.7 Å². The Kier molecular flexibility index (Phi) is 6.02. The van der Waals surface area contributed by atoms with Crippen LogP contribution in [0.5, 0.6) is 5.75 Å². The smallest absolute Gasteiger partial charge is 0.170 e. The molecule has 0 saturated carbocycles. The molecule has 0 bridgehead atoms. The van der Waals surface area contributed by atoms with Gasteiger partial charge in [-0.1, -0.05) is 28.5 Å². The maximum absolute atomic E-state index is 8.70. The first-order valence-electron chi connectivity index (χ1n) is 6.91. The summed E-state index contributed by atoms with van der Waals surface area (Å²) < 4.78 is 6.48. The Bertz CT molecular complexity index is 778. The normalized spacial score (nSPS) is 12.1. The monoisotopic (exact) mass is 392 g/mol. The number of nitrogens with zero attached hydrogens (tertiary/aromatic N) is 2. The van der Waals surface area contributed by atoms with Crippen molar-refractivity contribution in [3.05, 3.63) is 63.6 Å². The van der Waals surface area contributed by atoms with Gasteiger partial charge in [0.25, 0.3) is 0 Å². The molecule has 2 aromatic rings. The zero-order valence-corrected chi connectivity index (χ0v) is 14.5. The van der Waals surface area contributed by atoms with Gasteiger partial charge >= 0.3 is 0 Å². The van der Waals surface area contributed by atoms with Gasteiger partial charge in [-0.3, -0.25) is 0 Å². The molecule has 24 heavy (non-hydrogen) atoms. The van der Waals surface area contributed by atoms with Gasteiger partial charge in [-0.05, 0) is 45.8 Å². The van der Waals surface area contributed by atoms with Crippen LogP contribution in [0.15, 0.2) is 57.2 Å². The maximum atomic E-state index is 8.70. The molecule has 0 aliphatic heterocycles. The van der Waals surface area contributed by atoms with Crippen LogP contribution in [-0.2, 0) is 11.4 Å². The van der Waals surface area contributed by atoms with Gasteiger partial charge < -0.3 is 26.2 Å². The molecule has 0 aliphatic rings. The highest BCUT2D eigenvalue weighted by Gasteiger charge is 2.07. The molecule has 0 radical (unpaired) electrons. The van der Waals surface area contributed by atoms with Crippen molar-refractivity contribution in [2.45, 2.75) is 6.61 Å². The van der Waals surface area contributed by atoms with E-state index in [4.69, 9.17) is 21.4 Å². The van der Waals surface area contributed by atoms with Crippen molar-refractivity contribution < 1.29 is 14.8 Å². The Morgan fingerprint density at radius 2 is 1.88 bits per heavy atom. The van der Waals surface area contributed by atoms with Crippen molar-refractivity contribution in [3.63, 3.8) is 0 Å². The lowest BCUT2D eigenvalue weighted by atomic mass is 10.1. The van der Waals surface area contributed by atoms with E-state index >= 15 is 0 Å². The van der Waals surface area contributed by atoms with Crippen molar-refractivity contribution in [2.75, 3.05) is 7.11 Å². The largest absolute Gasteiger partial charge is 0.488 e. The van der Waals surface area contributed by atoms with Crippen LogP contribution in [0.25, 0.3) is 0 Å². The summed E-state index contributed by atoms with van der Waals surface area (Å²) in [5.41, 5.74) is 13.6. The van der Waals surface area contributed by atoms with Gasteiger partial charge in [-0.2, -0.15) is 0 Å². The summed E-state index contributed by atoms with van der Waals surface area (Å²) in [7, 11) is 1.44. The molecule has 0 spiro atoms. The number of ether oxygens (including phenoxy) is 1. The van der Waals surface area contributed by atoms with Gasteiger partial charge in [0.1, 0.15) is 19.5 Å². The fourth-order valence-electron chi connectivity index (χ4n) is 1.97. The van der Waals surface area contributed by atoms with Gasteiger partial charge in [-0.25, -0.2) is 0 Å². The Labute approximate surface area is 147 Å². The van der Waals surface area contributed by atoms with Crippen LogP contribution in [0.4, 0.5) is 0 Å². The summed E-state index contributed by atoms with van der Waals surface area (Å²) in [5, 5.41) is 15.4. The first kappa shape index (κ1) is 17.6. The van der Waals surface area contributed by atoms with Gasteiger partial charge in [0, 0.05) is 11.1 Å². The lowest BCUT2D eigenvalue weighted by Gasteiger charge is -2.10. The Balaban J connectivity index is 2.11. The molecule has 0 saturated heterocycles. The Hall–Kier alpha value is -2.74. The number of hydrogen-bond donors (Lipinski definition) is 3. The topological polar surface area (TPSA) is 115 Å². The second-order valence-electron chi connectivity index (χ2n) is 4.78. The fourth-order valence-corrected chi connectivity index (χ4v) is 2.46. The van der Waals surface area contributed by atoms with Gasteiger partial charge in [0.2, 0.25) is 0 Å². The van der Waals surface area contributed by atoms with Crippen molar-refractivity contribution in [2.24, 2.45) is 21.8 Å². The average molecular weight is 393 g/mol. The predicted molar refractivity (Wildman–Crippen MR) is 95.2 cm³/mol. The molecule has 0 heterocycles. The van der Waals surface area contributed by atoms with Crippen molar-refractivity contribution >= 4 is 27.6 Å². The van der Waals surface area contributed by atoms with E-state index in [0.717, 1.165) is 11.1 Å². The number of amidine groups is 2. The van der Waals surface area contributed by atoms with E-state index < -0.39 is 0 Å². The lowest BCUT2D eigenvalue weighted by molar-refractivity contribution is 0.213. The van der Waals surface area contributed by atoms with E-state index in [1.54, 1.807) is 18.2 Å². The summed E-state index contributed by atoms with van der Waals surface area (Å²) in [6.45, 7) is 0.343. The molecule has 5 N–H and O–H groups in total. The van der Waals surface area contributed by atoms with E-state index in [2.05, 4.69) is 31.1 Å². The predicted octanol–water partition coefficient (Wildman–Crippen LogP) is 2.39. The van der Waals surface area contributed by atoms with Crippen LogP contribution in [0.1, 0.15) is 16.7 Å². The third kappa shape index (κ3) is 4.39. The molecule has 2 aromatic carbocycles. The van der Waals surface area contributed by atoms with Crippen LogP contribution in [-0.4, -0.2) is 24.0 Å². The molecule has 0 atom stereocenters. The number of benzene rings is 2. The van der Waals surface area contributed by atoms with E-state index in [1.807, 2.05) is 24.3 Å². The minimum absolute atomic E-state index is 0.0304. The third-order valence-electron chi connectivity index (χ3n) is 3.14. The first-order valence-corrected chi connectivity index (χ1v) is 7.70. The molecule has 0 fully saturated rings. The van der Waals surface area contributed by atoms with Gasteiger partial charge in [0.05, 0.1) is 4.47 Å². The minimum atomic E-state index is 0.0304. The average Bonchev–Trinajstić information content (AvgIpc) is 2.60. The third-order valence-corrected chi connectivity index (χ3v) is 3.76. The highest BCUT2D eigenvalue weighted by atomic mass is 79.9. The van der Waals surface area contributed by atoms with Gasteiger partial charge in [-0.15, -0.1) is 0 Å². The van der Waals surface area contributed by atoms with Crippen molar-refractivity contribution in [1.29, 1.82) is 0 Å². The van der Waals surface area contributed by atoms with Crippen LogP contribution in [0.3, 0.4) is 0 Å². The summed E-state index contributed by atoms with van der Waals surface area (Å²) >= 11 is 3.40. The number of hydrogen-bond acceptors (Lipinski definition) is 5. The Morgan fingerprint density at radius 1 is 1.12 bits per heavy atom. The molecule has 2 rings (SSSR count). The molecule has 7 nitrogen and oxygen atoms in total. The standard InChI is InChI=1S/C16H17BrN4O3/c1-23-21-16(19)11-4-2-3-10(7-11)9-24-14-6-5-12(8-13(14)17)15(18)20-22/h2-8,22H,9H2,1H3,(H2,18,20)(H2,19,21). The quantitative estimate of drug-likeness (QED) is 0.302. The van der Waals surface area contributed by atoms with Crippen LogP contribution < -0.4 is 16.2 Å². The fraction of sp³-hybridized carbons (Fsp3) is 0.125. The summed E-state index contributed by atoms with van der Waals surface area (Å²) in [5.74, 6) is 0.958. The molecule has 0 aliphatic carbocycles. The Morgan fingerprint density at radius 3 is 2.54 bits per heavy atom. The lowest BCUT2D eigenvalue weighted by Crippen LogP contribution is -2.14. The maximum Gasteiger partial charge on any atom is 0.170 e. The van der Waals surface area contributed by atoms with E-state index in [1.165, 1.54) is 7.11 Å². The SMILES string of the molecule is CO/N=C(\N)c1cccc(COc2ccc(/C(N)=N/O)cc2Br)c1.